The maximum atomic E-state index is 12.4. The van der Waals surface area contributed by atoms with E-state index in [-0.39, 0.29) is 12.3 Å². The van der Waals surface area contributed by atoms with Crippen molar-refractivity contribution in [2.24, 2.45) is 0 Å². The largest absolute Gasteiger partial charge is 0.325 e. The number of carbonyl (C=O) groups excluding carboxylic acids is 1. The molecule has 2 aromatic carbocycles. The molecule has 0 radical (unpaired) electrons. The lowest BCUT2D eigenvalue weighted by atomic mass is 10.1. The molecule has 7 heteroatoms. The van der Waals surface area contributed by atoms with Crippen LogP contribution in [-0.2, 0) is 17.8 Å². The molecule has 0 saturated carbocycles. The Labute approximate surface area is 192 Å². The van der Waals surface area contributed by atoms with E-state index in [0.29, 0.717) is 5.02 Å². The fraction of sp³-hybridized carbons (Fsp3) is 0.333. The zero-order valence-electron chi connectivity index (χ0n) is 17.9. The lowest BCUT2D eigenvalue weighted by Gasteiger charge is -2.32. The van der Waals surface area contributed by atoms with Gasteiger partial charge in [-0.05, 0) is 37.2 Å². The van der Waals surface area contributed by atoms with Crippen molar-refractivity contribution in [3.05, 3.63) is 69.7 Å². The Balaban J connectivity index is 1.34. The van der Waals surface area contributed by atoms with Gasteiger partial charge in [-0.1, -0.05) is 41.9 Å². The molecule has 0 unspecified atom stereocenters. The number of likely N-dealkylation sites (N-methyl/N-ethyl adjacent to an activating group) is 1. The Morgan fingerprint density at radius 3 is 2.61 bits per heavy atom. The fourth-order valence-corrected chi connectivity index (χ4v) is 4.62. The molecule has 5 nitrogen and oxygen atoms in total. The van der Waals surface area contributed by atoms with E-state index in [2.05, 4.69) is 51.4 Å². The summed E-state index contributed by atoms with van der Waals surface area (Å²) in [5, 5.41) is 6.43. The summed E-state index contributed by atoms with van der Waals surface area (Å²) in [6, 6.07) is 14.1. The molecule has 31 heavy (non-hydrogen) atoms. The number of amides is 1. The molecule has 3 aromatic rings. The summed E-state index contributed by atoms with van der Waals surface area (Å²) in [4.78, 5) is 22.0. The second-order valence-corrected chi connectivity index (χ2v) is 9.40. The second kappa shape index (κ2) is 9.92. The van der Waals surface area contributed by atoms with Crippen LogP contribution in [0.5, 0.6) is 0 Å². The molecule has 1 fully saturated rings. The number of carbonyl (C=O) groups is 1. The molecule has 0 spiro atoms. The van der Waals surface area contributed by atoms with Crippen LogP contribution in [0.4, 0.5) is 5.69 Å². The van der Waals surface area contributed by atoms with Gasteiger partial charge in [-0.25, -0.2) is 4.98 Å². The van der Waals surface area contributed by atoms with Gasteiger partial charge in [0.2, 0.25) is 5.91 Å². The molecule has 1 saturated heterocycles. The van der Waals surface area contributed by atoms with E-state index >= 15 is 0 Å². The molecule has 4 rings (SSSR count). The molecule has 1 aliphatic heterocycles. The van der Waals surface area contributed by atoms with Gasteiger partial charge in [0.05, 0.1) is 12.1 Å². The number of aromatic nitrogens is 1. The van der Waals surface area contributed by atoms with E-state index in [1.807, 2.05) is 24.4 Å². The van der Waals surface area contributed by atoms with Gasteiger partial charge < -0.3 is 10.2 Å². The van der Waals surface area contributed by atoms with E-state index in [1.54, 1.807) is 17.4 Å². The second-order valence-electron chi connectivity index (χ2n) is 8.10. The first-order chi connectivity index (χ1) is 15.0. The van der Waals surface area contributed by atoms with Crippen LogP contribution in [0.2, 0.25) is 5.02 Å². The van der Waals surface area contributed by atoms with Crippen LogP contribution in [0.15, 0.2) is 47.8 Å². The molecule has 0 atom stereocenters. The third-order valence-electron chi connectivity index (χ3n) is 5.57. The number of nitrogens with zero attached hydrogens (tertiary/aromatic N) is 3. The van der Waals surface area contributed by atoms with E-state index in [4.69, 9.17) is 11.6 Å². The van der Waals surface area contributed by atoms with Crippen LogP contribution in [0, 0.1) is 6.92 Å². The maximum absolute atomic E-state index is 12.4. The Kier molecular flexibility index (Phi) is 7.02. The average Bonchev–Trinajstić information content (AvgIpc) is 3.21. The van der Waals surface area contributed by atoms with Gasteiger partial charge in [0.25, 0.3) is 0 Å². The Hall–Kier alpha value is -2.25. The Bertz CT molecular complexity index is 1040. The highest BCUT2D eigenvalue weighted by Gasteiger charge is 2.14. The monoisotopic (exact) mass is 454 g/mol. The molecular weight excluding hydrogens is 428 g/mol. The molecule has 0 aliphatic carbocycles. The third kappa shape index (κ3) is 5.92. The summed E-state index contributed by atoms with van der Waals surface area (Å²) in [5.41, 5.74) is 4.90. The lowest BCUT2D eigenvalue weighted by Crippen LogP contribution is -2.43. The fourth-order valence-electron chi connectivity index (χ4n) is 3.63. The normalized spacial score (nSPS) is 15.2. The van der Waals surface area contributed by atoms with E-state index < -0.39 is 0 Å². The van der Waals surface area contributed by atoms with Crippen LogP contribution in [-0.4, -0.2) is 53.9 Å². The number of nitrogens with one attached hydrogen (secondary N) is 1. The van der Waals surface area contributed by atoms with Crippen molar-refractivity contribution in [2.45, 2.75) is 19.9 Å². The maximum Gasteiger partial charge on any atom is 0.230 e. The molecule has 1 aromatic heterocycles. The first-order valence-electron chi connectivity index (χ1n) is 10.5. The summed E-state index contributed by atoms with van der Waals surface area (Å²) in [5.74, 6) is -0.0928. The molecular formula is C24H27ClN4OS. The van der Waals surface area contributed by atoms with Gasteiger partial charge in [0.1, 0.15) is 5.01 Å². The minimum Gasteiger partial charge on any atom is -0.325 e. The number of piperazine rings is 1. The molecule has 1 N–H and O–H groups in total. The minimum absolute atomic E-state index is 0.0928. The number of benzene rings is 2. The average molecular weight is 455 g/mol. The number of aryl methyl sites for hydroxylation is 1. The van der Waals surface area contributed by atoms with Crippen LogP contribution < -0.4 is 5.32 Å². The summed E-state index contributed by atoms with van der Waals surface area (Å²) in [7, 11) is 2.18. The number of thiazole rings is 1. The van der Waals surface area contributed by atoms with Crippen molar-refractivity contribution in [1.82, 2.24) is 14.8 Å². The van der Waals surface area contributed by atoms with Crippen LogP contribution >= 0.6 is 22.9 Å². The van der Waals surface area contributed by atoms with Gasteiger partial charge in [-0.2, -0.15) is 0 Å². The van der Waals surface area contributed by atoms with Crippen LogP contribution in [0.3, 0.4) is 0 Å². The van der Waals surface area contributed by atoms with Crippen molar-refractivity contribution in [3.8, 4) is 10.6 Å². The lowest BCUT2D eigenvalue weighted by molar-refractivity contribution is -0.115. The van der Waals surface area contributed by atoms with E-state index in [1.165, 1.54) is 5.56 Å². The highest BCUT2D eigenvalue weighted by atomic mass is 35.5. The smallest absolute Gasteiger partial charge is 0.230 e. The molecule has 162 valence electrons. The third-order valence-corrected chi connectivity index (χ3v) is 6.75. The topological polar surface area (TPSA) is 48.5 Å². The highest BCUT2D eigenvalue weighted by molar-refractivity contribution is 7.13. The number of hydrogen-bond donors (Lipinski definition) is 1. The minimum atomic E-state index is -0.0928. The number of anilines is 1. The van der Waals surface area contributed by atoms with Crippen molar-refractivity contribution in [2.75, 3.05) is 38.5 Å². The Morgan fingerprint density at radius 2 is 1.87 bits per heavy atom. The van der Waals surface area contributed by atoms with Crippen molar-refractivity contribution < 1.29 is 4.79 Å². The standard InChI is InChI=1S/C24H27ClN4OS/c1-17-3-8-20(25)13-22(17)27-23(30)14-21-16-31-24(26-21)19-6-4-18(5-7-19)15-29-11-9-28(2)10-12-29/h3-8,13,16H,9-12,14-15H2,1-2H3,(H,27,30). The number of rotatable bonds is 6. The first-order valence-corrected chi connectivity index (χ1v) is 11.7. The predicted molar refractivity (Wildman–Crippen MR) is 129 cm³/mol. The predicted octanol–water partition coefficient (Wildman–Crippen LogP) is 4.70. The van der Waals surface area contributed by atoms with Crippen molar-refractivity contribution >= 4 is 34.5 Å². The number of halogens is 1. The quantitative estimate of drug-likeness (QED) is 0.586. The molecule has 1 amide bonds. The van der Waals surface area contributed by atoms with Crippen LogP contribution in [0.1, 0.15) is 16.8 Å². The van der Waals surface area contributed by atoms with Gasteiger partial charge in [0.15, 0.2) is 0 Å². The van der Waals surface area contributed by atoms with Crippen molar-refractivity contribution in [1.29, 1.82) is 0 Å². The zero-order valence-corrected chi connectivity index (χ0v) is 19.5. The molecule has 2 heterocycles. The SMILES string of the molecule is Cc1ccc(Cl)cc1NC(=O)Cc1csc(-c2ccc(CN3CCN(C)CC3)cc2)n1. The van der Waals surface area contributed by atoms with Gasteiger partial charge in [0, 0.05) is 54.4 Å². The Morgan fingerprint density at radius 1 is 1.13 bits per heavy atom. The molecule has 1 aliphatic rings. The van der Waals surface area contributed by atoms with Crippen LogP contribution in [0.25, 0.3) is 10.6 Å². The summed E-state index contributed by atoms with van der Waals surface area (Å²) in [6.07, 6.45) is 0.240. The van der Waals surface area contributed by atoms with Crippen molar-refractivity contribution in [3.63, 3.8) is 0 Å². The summed E-state index contributed by atoms with van der Waals surface area (Å²) >= 11 is 7.61. The van der Waals surface area contributed by atoms with Gasteiger partial charge in [-0.15, -0.1) is 11.3 Å². The van der Waals surface area contributed by atoms with Gasteiger partial charge in [-0.3, -0.25) is 9.69 Å². The zero-order chi connectivity index (χ0) is 21.8. The summed E-state index contributed by atoms with van der Waals surface area (Å²) in [6.45, 7) is 7.42. The summed E-state index contributed by atoms with van der Waals surface area (Å²) < 4.78 is 0. The van der Waals surface area contributed by atoms with E-state index in [9.17, 15) is 4.79 Å². The highest BCUT2D eigenvalue weighted by Crippen LogP contribution is 2.25. The number of hydrogen-bond acceptors (Lipinski definition) is 5. The van der Waals surface area contributed by atoms with E-state index in [0.717, 1.165) is 60.2 Å². The molecule has 0 bridgehead atoms. The van der Waals surface area contributed by atoms with Gasteiger partial charge >= 0.3 is 0 Å². The first kappa shape index (κ1) is 22.0.